The van der Waals surface area contributed by atoms with Crippen LogP contribution >= 0.6 is 11.6 Å². The van der Waals surface area contributed by atoms with Crippen molar-refractivity contribution in [1.82, 2.24) is 0 Å². The van der Waals surface area contributed by atoms with Gasteiger partial charge in [0.15, 0.2) is 0 Å². The molecule has 1 rings (SSSR count). The Hall–Kier alpha value is -1.00. The fourth-order valence-corrected chi connectivity index (χ4v) is 2.50. The van der Waals surface area contributed by atoms with E-state index in [0.717, 1.165) is 0 Å². The van der Waals surface area contributed by atoms with Crippen LogP contribution in [-0.2, 0) is 0 Å². The van der Waals surface area contributed by atoms with E-state index in [4.69, 9.17) is 21.1 Å². The van der Waals surface area contributed by atoms with E-state index in [-0.39, 0.29) is 10.6 Å². The third kappa shape index (κ3) is 3.06. The molecule has 0 aromatic heterocycles. The normalized spacial score (nSPS) is 12.3. The lowest BCUT2D eigenvalue weighted by molar-refractivity contribution is 0.0694. The van der Waals surface area contributed by atoms with Gasteiger partial charge in [-0.25, -0.2) is 4.79 Å². The molecule has 1 aromatic rings. The largest absolute Gasteiger partial charge is 0.542 e. The highest BCUT2D eigenvalue weighted by molar-refractivity contribution is 6.74. The molecule has 0 amide bonds. The summed E-state index contributed by atoms with van der Waals surface area (Å²) in [6.07, 6.45) is 0. The second kappa shape index (κ2) is 4.94. The minimum absolute atomic E-state index is 0.0120. The fraction of sp³-hybridized carbons (Fsp3) is 0.462. The van der Waals surface area contributed by atoms with E-state index < -0.39 is 14.3 Å². The molecule has 0 saturated carbocycles. The van der Waals surface area contributed by atoms with Gasteiger partial charge in [0.25, 0.3) is 8.32 Å². The van der Waals surface area contributed by atoms with Crippen molar-refractivity contribution in [2.45, 2.75) is 38.9 Å². The molecule has 0 fully saturated rings. The summed E-state index contributed by atoms with van der Waals surface area (Å²) < 4.78 is 6.02. The maximum absolute atomic E-state index is 11.2. The number of benzene rings is 1. The van der Waals surface area contributed by atoms with Gasteiger partial charge in [0.05, 0.1) is 5.02 Å². The summed E-state index contributed by atoms with van der Waals surface area (Å²) in [6.45, 7) is 10.4. The van der Waals surface area contributed by atoms with E-state index in [1.807, 2.05) is 0 Å². The molecule has 0 unspecified atom stereocenters. The van der Waals surface area contributed by atoms with E-state index in [0.29, 0.717) is 10.8 Å². The molecule has 1 aromatic carbocycles. The zero-order chi connectivity index (χ0) is 14.1. The second-order valence-corrected chi connectivity index (χ2v) is 10.9. The standard InChI is InChI=1S/C13H19ClO3Si/c1-13(2,3)18(4,5)17-11-9(12(15)16)7-6-8-10(11)14/h6-8H,1-5H3,(H,15,16). The van der Waals surface area contributed by atoms with Crippen molar-refractivity contribution >= 4 is 25.9 Å². The first-order valence-corrected chi connectivity index (χ1v) is 9.06. The molecule has 0 radical (unpaired) electrons. The van der Waals surface area contributed by atoms with Crippen LogP contribution in [0.4, 0.5) is 0 Å². The van der Waals surface area contributed by atoms with E-state index in [9.17, 15) is 4.79 Å². The van der Waals surface area contributed by atoms with Crippen LogP contribution in [0.1, 0.15) is 31.1 Å². The number of halogens is 1. The summed E-state index contributed by atoms with van der Waals surface area (Å²) in [5, 5.41) is 9.50. The molecule has 0 aliphatic heterocycles. The molecule has 100 valence electrons. The molecular weight excluding hydrogens is 268 g/mol. The van der Waals surface area contributed by atoms with Crippen LogP contribution < -0.4 is 4.43 Å². The summed E-state index contributed by atoms with van der Waals surface area (Å²) in [5.74, 6) is -0.732. The number of hydrogen-bond donors (Lipinski definition) is 1. The Kier molecular flexibility index (Phi) is 4.13. The monoisotopic (exact) mass is 286 g/mol. The van der Waals surface area contributed by atoms with Gasteiger partial charge < -0.3 is 9.53 Å². The van der Waals surface area contributed by atoms with Crippen molar-refractivity contribution in [3.63, 3.8) is 0 Å². The maximum Gasteiger partial charge on any atom is 0.339 e. The average Bonchev–Trinajstić information content (AvgIpc) is 2.18. The van der Waals surface area contributed by atoms with Crippen molar-refractivity contribution in [3.05, 3.63) is 28.8 Å². The number of para-hydroxylation sites is 1. The molecule has 3 nitrogen and oxygen atoms in total. The van der Waals surface area contributed by atoms with Gasteiger partial charge in [-0.3, -0.25) is 0 Å². The highest BCUT2D eigenvalue weighted by Crippen LogP contribution is 2.40. The van der Waals surface area contributed by atoms with Crippen LogP contribution in [-0.4, -0.2) is 19.4 Å². The average molecular weight is 287 g/mol. The van der Waals surface area contributed by atoms with Crippen LogP contribution in [0.25, 0.3) is 0 Å². The first-order valence-electron chi connectivity index (χ1n) is 5.77. The number of rotatable bonds is 3. The van der Waals surface area contributed by atoms with Gasteiger partial charge in [-0.05, 0) is 30.3 Å². The number of carboxylic acid groups (broad SMARTS) is 1. The van der Waals surface area contributed by atoms with Crippen LogP contribution in [0.5, 0.6) is 5.75 Å². The van der Waals surface area contributed by atoms with Gasteiger partial charge in [0.2, 0.25) is 0 Å². The summed E-state index contributed by atoms with van der Waals surface area (Å²) in [7, 11) is -2.10. The van der Waals surface area contributed by atoms with Crippen molar-refractivity contribution in [3.8, 4) is 5.75 Å². The van der Waals surface area contributed by atoms with E-state index >= 15 is 0 Å². The van der Waals surface area contributed by atoms with Gasteiger partial charge >= 0.3 is 5.97 Å². The molecule has 0 bridgehead atoms. The summed E-state index contributed by atoms with van der Waals surface area (Å²) in [5.41, 5.74) is 0.118. The fourth-order valence-electron chi connectivity index (χ4n) is 1.19. The Morgan fingerprint density at radius 3 is 2.33 bits per heavy atom. The molecule has 0 aliphatic rings. The minimum atomic E-state index is -2.10. The quantitative estimate of drug-likeness (QED) is 0.837. The van der Waals surface area contributed by atoms with E-state index in [2.05, 4.69) is 33.9 Å². The zero-order valence-electron chi connectivity index (χ0n) is 11.4. The lowest BCUT2D eigenvalue weighted by Crippen LogP contribution is -2.44. The first kappa shape index (κ1) is 15.1. The lowest BCUT2D eigenvalue weighted by Gasteiger charge is -2.37. The molecule has 5 heteroatoms. The van der Waals surface area contributed by atoms with Gasteiger partial charge in [-0.15, -0.1) is 0 Å². The van der Waals surface area contributed by atoms with Gasteiger partial charge in [-0.1, -0.05) is 38.4 Å². The van der Waals surface area contributed by atoms with E-state index in [1.165, 1.54) is 6.07 Å². The Balaban J connectivity index is 3.23. The highest BCUT2D eigenvalue weighted by Gasteiger charge is 2.40. The third-order valence-corrected chi connectivity index (χ3v) is 7.99. The van der Waals surface area contributed by atoms with Crippen LogP contribution in [0, 0.1) is 0 Å². The Bertz CT molecular complexity index is 464. The molecule has 0 spiro atoms. The lowest BCUT2D eigenvalue weighted by atomic mass is 10.2. The molecule has 0 heterocycles. The third-order valence-electron chi connectivity index (χ3n) is 3.36. The number of hydrogen-bond acceptors (Lipinski definition) is 2. The molecule has 1 N–H and O–H groups in total. The highest BCUT2D eigenvalue weighted by atomic mass is 35.5. The number of carbonyl (C=O) groups is 1. The molecular formula is C13H19ClO3Si. The van der Waals surface area contributed by atoms with Crippen molar-refractivity contribution in [2.24, 2.45) is 0 Å². The summed E-state index contributed by atoms with van der Waals surface area (Å²) in [6, 6.07) is 4.78. The van der Waals surface area contributed by atoms with Crippen molar-refractivity contribution in [1.29, 1.82) is 0 Å². The Morgan fingerprint density at radius 1 is 1.33 bits per heavy atom. The van der Waals surface area contributed by atoms with Crippen LogP contribution in [0.2, 0.25) is 23.2 Å². The summed E-state index contributed by atoms with van der Waals surface area (Å²) in [4.78, 5) is 11.2. The molecule has 18 heavy (non-hydrogen) atoms. The topological polar surface area (TPSA) is 46.5 Å². The Labute approximate surface area is 114 Å². The number of carboxylic acids is 1. The maximum atomic E-state index is 11.2. The summed E-state index contributed by atoms with van der Waals surface area (Å²) >= 11 is 6.06. The van der Waals surface area contributed by atoms with Gasteiger partial charge in [-0.2, -0.15) is 0 Å². The van der Waals surface area contributed by atoms with Crippen molar-refractivity contribution in [2.75, 3.05) is 0 Å². The number of aromatic carboxylic acids is 1. The second-order valence-electron chi connectivity index (χ2n) is 5.78. The van der Waals surface area contributed by atoms with Crippen LogP contribution in [0.15, 0.2) is 18.2 Å². The van der Waals surface area contributed by atoms with Crippen molar-refractivity contribution < 1.29 is 14.3 Å². The van der Waals surface area contributed by atoms with Gasteiger partial charge in [0, 0.05) is 0 Å². The smallest absolute Gasteiger partial charge is 0.339 e. The Morgan fingerprint density at radius 2 is 1.89 bits per heavy atom. The predicted octanol–water partition coefficient (Wildman–Crippen LogP) is 4.42. The predicted molar refractivity (Wildman–Crippen MR) is 76.2 cm³/mol. The minimum Gasteiger partial charge on any atom is -0.542 e. The molecule has 0 aliphatic carbocycles. The van der Waals surface area contributed by atoms with Crippen LogP contribution in [0.3, 0.4) is 0 Å². The zero-order valence-corrected chi connectivity index (χ0v) is 13.1. The first-order chi connectivity index (χ1) is 8.06. The van der Waals surface area contributed by atoms with E-state index in [1.54, 1.807) is 12.1 Å². The SMILES string of the molecule is CC(C)(C)[Si](C)(C)Oc1c(Cl)cccc1C(=O)O. The molecule has 0 atom stereocenters. The van der Waals surface area contributed by atoms with Gasteiger partial charge in [0.1, 0.15) is 11.3 Å². The molecule has 0 saturated heterocycles.